The Morgan fingerprint density at radius 2 is 2.22 bits per heavy atom. The molecule has 0 aliphatic carbocycles. The molecule has 0 fully saturated rings. The van der Waals surface area contributed by atoms with Crippen LogP contribution in [-0.2, 0) is 0 Å². The molecule has 0 aromatic heterocycles. The smallest absolute Gasteiger partial charge is 0.122 e. The molecule has 0 aromatic carbocycles. The first-order chi connectivity index (χ1) is 4.02. The predicted octanol–water partition coefficient (Wildman–Crippen LogP) is 2.19. The van der Waals surface area contributed by atoms with Crippen molar-refractivity contribution in [1.82, 2.24) is 0 Å². The lowest BCUT2D eigenvalue weighted by atomic mass is 10.0. The van der Waals surface area contributed by atoms with E-state index in [1.807, 2.05) is 0 Å². The molecular weight excluding hydrogens is 150 g/mol. The third kappa shape index (κ3) is 1.44. The predicted molar refractivity (Wildman–Crippen MR) is 47.6 cm³/mol. The van der Waals surface area contributed by atoms with Gasteiger partial charge in [0.1, 0.15) is 4.38 Å². The van der Waals surface area contributed by atoms with Crippen LogP contribution in [0.25, 0.3) is 0 Å². The van der Waals surface area contributed by atoms with Crippen LogP contribution in [-0.4, -0.2) is 15.2 Å². The highest BCUT2D eigenvalue weighted by atomic mass is 32.2. The second-order valence-electron chi connectivity index (χ2n) is 2.81. The van der Waals surface area contributed by atoms with Crippen molar-refractivity contribution in [2.45, 2.75) is 31.6 Å². The summed E-state index contributed by atoms with van der Waals surface area (Å²) in [6.07, 6.45) is 0. The number of hydrogen-bond donors (Lipinski definition) is 1. The van der Waals surface area contributed by atoms with Crippen LogP contribution in [0.2, 0.25) is 0 Å². The number of thiol groups is 1. The Morgan fingerprint density at radius 1 is 1.67 bits per heavy atom. The molecule has 1 rings (SSSR count). The molecule has 1 atom stereocenters. The highest BCUT2D eigenvalue weighted by Crippen LogP contribution is 2.35. The summed E-state index contributed by atoms with van der Waals surface area (Å²) in [6.45, 7) is 6.44. The Morgan fingerprint density at radius 3 is 2.33 bits per heavy atom. The molecule has 0 amide bonds. The summed E-state index contributed by atoms with van der Waals surface area (Å²) in [5.41, 5.74) is 0.0990. The molecular formula is C6H11NS2. The van der Waals surface area contributed by atoms with Crippen LogP contribution in [0.4, 0.5) is 0 Å². The summed E-state index contributed by atoms with van der Waals surface area (Å²) >= 11 is 5.92. The number of hydrogen-bond acceptors (Lipinski definition) is 2. The molecule has 52 valence electrons. The monoisotopic (exact) mass is 161 g/mol. The topological polar surface area (TPSA) is 12.4 Å². The molecule has 1 heterocycles. The van der Waals surface area contributed by atoms with E-state index in [0.717, 1.165) is 4.38 Å². The van der Waals surface area contributed by atoms with Gasteiger partial charge >= 0.3 is 0 Å². The molecule has 3 heteroatoms. The number of aliphatic imine (C=N–C) groups is 1. The van der Waals surface area contributed by atoms with E-state index in [4.69, 9.17) is 0 Å². The van der Waals surface area contributed by atoms with Gasteiger partial charge in [-0.05, 0) is 13.8 Å². The summed E-state index contributed by atoms with van der Waals surface area (Å²) in [6, 6.07) is 0. The minimum absolute atomic E-state index is 0.0990. The van der Waals surface area contributed by atoms with Gasteiger partial charge in [0.25, 0.3) is 0 Å². The van der Waals surface area contributed by atoms with Gasteiger partial charge in [0.05, 0.1) is 5.54 Å². The molecule has 0 saturated carbocycles. The highest BCUT2D eigenvalue weighted by molar-refractivity contribution is 8.33. The van der Waals surface area contributed by atoms with Crippen LogP contribution in [0, 0.1) is 0 Å². The van der Waals surface area contributed by atoms with E-state index < -0.39 is 0 Å². The van der Waals surface area contributed by atoms with Crippen molar-refractivity contribution in [1.29, 1.82) is 0 Å². The zero-order chi connectivity index (χ0) is 7.07. The van der Waals surface area contributed by atoms with Gasteiger partial charge in [-0.25, -0.2) is 0 Å². The van der Waals surface area contributed by atoms with Crippen LogP contribution < -0.4 is 0 Å². The molecule has 0 radical (unpaired) electrons. The number of rotatable bonds is 0. The van der Waals surface area contributed by atoms with Gasteiger partial charge in [0.2, 0.25) is 0 Å². The molecule has 0 spiro atoms. The van der Waals surface area contributed by atoms with Crippen LogP contribution in [0.5, 0.6) is 0 Å². The van der Waals surface area contributed by atoms with E-state index in [1.54, 1.807) is 11.8 Å². The first-order valence-corrected chi connectivity index (χ1v) is 4.30. The average Bonchev–Trinajstić information content (AvgIpc) is 1.79. The maximum absolute atomic E-state index is 4.35. The van der Waals surface area contributed by atoms with Gasteiger partial charge in [0, 0.05) is 5.25 Å². The molecule has 1 aliphatic heterocycles. The quantitative estimate of drug-likeness (QED) is 0.537. The average molecular weight is 161 g/mol. The summed E-state index contributed by atoms with van der Waals surface area (Å²) in [5.74, 6) is 0. The zero-order valence-electron chi connectivity index (χ0n) is 5.88. The Kier molecular flexibility index (Phi) is 1.83. The molecule has 0 N–H and O–H groups in total. The van der Waals surface area contributed by atoms with Crippen molar-refractivity contribution >= 4 is 28.8 Å². The number of thioether (sulfide) groups is 1. The Labute approximate surface area is 65.7 Å². The fourth-order valence-corrected chi connectivity index (χ4v) is 2.34. The van der Waals surface area contributed by atoms with Gasteiger partial charge < -0.3 is 0 Å². The zero-order valence-corrected chi connectivity index (χ0v) is 7.59. The summed E-state index contributed by atoms with van der Waals surface area (Å²) in [5, 5.41) is 0.574. The van der Waals surface area contributed by atoms with Gasteiger partial charge in [-0.1, -0.05) is 18.7 Å². The second-order valence-corrected chi connectivity index (χ2v) is 4.86. The third-order valence-corrected chi connectivity index (χ3v) is 3.31. The lowest BCUT2D eigenvalue weighted by Crippen LogP contribution is -2.24. The fourth-order valence-electron chi connectivity index (χ4n) is 0.666. The molecule has 0 saturated heterocycles. The molecule has 0 bridgehead atoms. The second kappa shape index (κ2) is 2.20. The highest BCUT2D eigenvalue weighted by Gasteiger charge is 2.31. The van der Waals surface area contributed by atoms with Crippen LogP contribution >= 0.6 is 24.4 Å². The van der Waals surface area contributed by atoms with Gasteiger partial charge in [0.15, 0.2) is 0 Å². The summed E-state index contributed by atoms with van der Waals surface area (Å²) < 4.78 is 0.924. The van der Waals surface area contributed by atoms with Gasteiger partial charge in [-0.3, -0.25) is 4.99 Å². The SMILES string of the molecule is CC1SC(S)=NC1(C)C. The minimum atomic E-state index is 0.0990. The molecule has 1 aliphatic rings. The maximum atomic E-state index is 4.35. The van der Waals surface area contributed by atoms with Crippen molar-refractivity contribution in [3.63, 3.8) is 0 Å². The van der Waals surface area contributed by atoms with E-state index in [2.05, 4.69) is 38.4 Å². The van der Waals surface area contributed by atoms with Gasteiger partial charge in [-0.2, -0.15) is 0 Å². The minimum Gasteiger partial charge on any atom is -0.265 e. The summed E-state index contributed by atoms with van der Waals surface area (Å²) in [7, 11) is 0. The van der Waals surface area contributed by atoms with Crippen molar-refractivity contribution in [3.8, 4) is 0 Å². The van der Waals surface area contributed by atoms with Crippen LogP contribution in [0.3, 0.4) is 0 Å². The molecule has 1 unspecified atom stereocenters. The van der Waals surface area contributed by atoms with Crippen LogP contribution in [0.15, 0.2) is 4.99 Å². The molecule has 9 heavy (non-hydrogen) atoms. The molecule has 1 nitrogen and oxygen atoms in total. The Bertz CT molecular complexity index is 151. The normalized spacial score (nSPS) is 32.4. The first kappa shape index (κ1) is 7.48. The third-order valence-electron chi connectivity index (χ3n) is 1.66. The Hall–Kier alpha value is 0.370. The summed E-state index contributed by atoms with van der Waals surface area (Å²) in [4.78, 5) is 4.35. The lowest BCUT2D eigenvalue weighted by molar-refractivity contribution is 0.530. The molecule has 0 aromatic rings. The van der Waals surface area contributed by atoms with Gasteiger partial charge in [-0.15, -0.1) is 12.6 Å². The standard InChI is InChI=1S/C6H11NS2/c1-4-6(2,3)7-5(8)9-4/h4H,1-3H3,(H,7,8). The van der Waals surface area contributed by atoms with E-state index >= 15 is 0 Å². The van der Waals surface area contributed by atoms with E-state index in [1.165, 1.54) is 0 Å². The van der Waals surface area contributed by atoms with Crippen molar-refractivity contribution < 1.29 is 0 Å². The van der Waals surface area contributed by atoms with Crippen molar-refractivity contribution in [2.24, 2.45) is 4.99 Å². The van der Waals surface area contributed by atoms with E-state index in [-0.39, 0.29) is 5.54 Å². The fraction of sp³-hybridized carbons (Fsp3) is 0.833. The first-order valence-electron chi connectivity index (χ1n) is 2.98. The van der Waals surface area contributed by atoms with Crippen LogP contribution in [0.1, 0.15) is 20.8 Å². The largest absolute Gasteiger partial charge is 0.265 e. The van der Waals surface area contributed by atoms with E-state index in [0.29, 0.717) is 5.25 Å². The lowest BCUT2D eigenvalue weighted by Gasteiger charge is -2.18. The van der Waals surface area contributed by atoms with E-state index in [9.17, 15) is 0 Å². The number of nitrogens with zero attached hydrogens (tertiary/aromatic N) is 1. The maximum Gasteiger partial charge on any atom is 0.122 e. The van der Waals surface area contributed by atoms with Crippen molar-refractivity contribution in [2.75, 3.05) is 0 Å². The Balaban J connectivity index is 2.76. The van der Waals surface area contributed by atoms with Crippen molar-refractivity contribution in [3.05, 3.63) is 0 Å².